The van der Waals surface area contributed by atoms with Crippen molar-refractivity contribution in [1.29, 1.82) is 0 Å². The largest absolute Gasteiger partial charge is 0.411 e. The number of pyridine rings is 1. The highest BCUT2D eigenvalue weighted by Gasteiger charge is 2.37. The lowest BCUT2D eigenvalue weighted by Gasteiger charge is -2.36. The molecular formula is C15H25NOSi. The molecule has 100 valence electrons. The second-order valence-electron chi connectivity index (χ2n) is 6.88. The van der Waals surface area contributed by atoms with E-state index >= 15 is 0 Å². The van der Waals surface area contributed by atoms with Gasteiger partial charge in [0.15, 0.2) is 8.32 Å². The zero-order valence-corrected chi connectivity index (χ0v) is 13.3. The standard InChI is InChI=1S/C15H25NOSi/c1-15(2,3)18(4,5)17-11-13-7-6-8-14(16-13)12-9-10-12/h6-8,12H,9-11H2,1-5H3. The molecule has 0 amide bonds. The molecule has 0 unspecified atom stereocenters. The minimum atomic E-state index is -1.66. The van der Waals surface area contributed by atoms with Gasteiger partial charge in [0, 0.05) is 11.6 Å². The Morgan fingerprint density at radius 3 is 2.50 bits per heavy atom. The van der Waals surface area contributed by atoms with Gasteiger partial charge in [-0.25, -0.2) is 0 Å². The molecule has 1 heterocycles. The predicted molar refractivity (Wildman–Crippen MR) is 78.2 cm³/mol. The molecule has 2 nitrogen and oxygen atoms in total. The normalized spacial score (nSPS) is 16.9. The van der Waals surface area contributed by atoms with Crippen molar-refractivity contribution < 1.29 is 4.43 Å². The molecule has 0 aromatic carbocycles. The van der Waals surface area contributed by atoms with Crippen LogP contribution in [0.5, 0.6) is 0 Å². The lowest BCUT2D eigenvalue weighted by atomic mass is 10.2. The van der Waals surface area contributed by atoms with Crippen molar-refractivity contribution in [3.63, 3.8) is 0 Å². The molecule has 1 aliphatic rings. The van der Waals surface area contributed by atoms with Crippen molar-refractivity contribution in [3.05, 3.63) is 29.6 Å². The summed E-state index contributed by atoms with van der Waals surface area (Å²) in [5.74, 6) is 0.720. The van der Waals surface area contributed by atoms with Gasteiger partial charge < -0.3 is 4.43 Å². The summed E-state index contributed by atoms with van der Waals surface area (Å²) in [5.41, 5.74) is 2.34. The average Bonchev–Trinajstić information content (AvgIpc) is 3.09. The van der Waals surface area contributed by atoms with Crippen molar-refractivity contribution in [2.45, 2.75) is 64.3 Å². The van der Waals surface area contributed by atoms with Gasteiger partial charge in [-0.1, -0.05) is 26.8 Å². The summed E-state index contributed by atoms with van der Waals surface area (Å²) < 4.78 is 6.21. The number of hydrogen-bond donors (Lipinski definition) is 0. The molecule has 1 saturated carbocycles. The van der Waals surface area contributed by atoms with Crippen molar-refractivity contribution in [2.24, 2.45) is 0 Å². The van der Waals surface area contributed by atoms with Gasteiger partial charge in [-0.05, 0) is 43.1 Å². The fourth-order valence-corrected chi connectivity index (χ4v) is 2.60. The Kier molecular flexibility index (Phi) is 3.65. The molecule has 0 spiro atoms. The third kappa shape index (κ3) is 3.21. The van der Waals surface area contributed by atoms with E-state index in [9.17, 15) is 0 Å². The van der Waals surface area contributed by atoms with E-state index in [1.807, 2.05) is 0 Å². The summed E-state index contributed by atoms with van der Waals surface area (Å²) >= 11 is 0. The quantitative estimate of drug-likeness (QED) is 0.747. The third-order valence-electron chi connectivity index (χ3n) is 4.21. The zero-order valence-electron chi connectivity index (χ0n) is 12.3. The van der Waals surface area contributed by atoms with Gasteiger partial charge in [0.25, 0.3) is 0 Å². The van der Waals surface area contributed by atoms with Crippen LogP contribution in [-0.4, -0.2) is 13.3 Å². The summed E-state index contributed by atoms with van der Waals surface area (Å²) in [6.07, 6.45) is 2.61. The Bertz CT molecular complexity index is 419. The minimum Gasteiger partial charge on any atom is -0.411 e. The molecule has 1 aliphatic carbocycles. The Hall–Kier alpha value is -0.673. The van der Waals surface area contributed by atoms with Crippen LogP contribution < -0.4 is 0 Å². The molecule has 1 fully saturated rings. The maximum atomic E-state index is 6.21. The van der Waals surface area contributed by atoms with Crippen LogP contribution in [0.15, 0.2) is 18.2 Å². The van der Waals surface area contributed by atoms with Crippen LogP contribution in [0.1, 0.15) is 50.9 Å². The van der Waals surface area contributed by atoms with Crippen LogP contribution in [0.2, 0.25) is 18.1 Å². The zero-order chi connectivity index (χ0) is 13.4. The highest BCUT2D eigenvalue weighted by Crippen LogP contribution is 2.39. The summed E-state index contributed by atoms with van der Waals surface area (Å²) in [5, 5.41) is 0.265. The molecule has 0 saturated heterocycles. The van der Waals surface area contributed by atoms with E-state index in [0.717, 1.165) is 11.6 Å². The van der Waals surface area contributed by atoms with Crippen molar-refractivity contribution in [3.8, 4) is 0 Å². The smallest absolute Gasteiger partial charge is 0.192 e. The summed E-state index contributed by atoms with van der Waals surface area (Å²) in [4.78, 5) is 4.72. The van der Waals surface area contributed by atoms with Gasteiger partial charge in [0.2, 0.25) is 0 Å². The van der Waals surface area contributed by atoms with E-state index in [4.69, 9.17) is 9.41 Å². The first-order chi connectivity index (χ1) is 8.29. The first kappa shape index (κ1) is 13.8. The fourth-order valence-electron chi connectivity index (χ4n) is 1.66. The molecule has 18 heavy (non-hydrogen) atoms. The number of rotatable bonds is 4. The molecule has 2 rings (SSSR count). The van der Waals surface area contributed by atoms with Crippen LogP contribution in [0.4, 0.5) is 0 Å². The fraction of sp³-hybridized carbons (Fsp3) is 0.667. The Morgan fingerprint density at radius 1 is 1.28 bits per heavy atom. The van der Waals surface area contributed by atoms with E-state index in [2.05, 4.69) is 52.1 Å². The molecule has 0 bridgehead atoms. The topological polar surface area (TPSA) is 22.1 Å². The second-order valence-corrected chi connectivity index (χ2v) is 11.7. The molecule has 3 heteroatoms. The van der Waals surface area contributed by atoms with Gasteiger partial charge in [-0.2, -0.15) is 0 Å². The number of aromatic nitrogens is 1. The van der Waals surface area contributed by atoms with Gasteiger partial charge in [-0.15, -0.1) is 0 Å². The van der Waals surface area contributed by atoms with E-state index < -0.39 is 8.32 Å². The maximum Gasteiger partial charge on any atom is 0.192 e. The highest BCUT2D eigenvalue weighted by molar-refractivity contribution is 6.74. The van der Waals surface area contributed by atoms with E-state index in [1.165, 1.54) is 18.5 Å². The second kappa shape index (κ2) is 4.78. The lowest BCUT2D eigenvalue weighted by molar-refractivity contribution is 0.272. The minimum absolute atomic E-state index is 0.265. The van der Waals surface area contributed by atoms with Crippen LogP contribution in [0, 0.1) is 0 Å². The molecule has 0 atom stereocenters. The van der Waals surface area contributed by atoms with Gasteiger partial charge in [-0.3, -0.25) is 4.98 Å². The van der Waals surface area contributed by atoms with Crippen molar-refractivity contribution in [1.82, 2.24) is 4.98 Å². The first-order valence-electron chi connectivity index (χ1n) is 6.89. The SMILES string of the molecule is CC(C)(C)[Si](C)(C)OCc1cccc(C2CC2)n1. The van der Waals surface area contributed by atoms with E-state index in [1.54, 1.807) is 0 Å². The average molecular weight is 263 g/mol. The highest BCUT2D eigenvalue weighted by atomic mass is 28.4. The molecule has 1 aromatic heterocycles. The maximum absolute atomic E-state index is 6.21. The van der Waals surface area contributed by atoms with E-state index in [0.29, 0.717) is 6.61 Å². The molecule has 0 radical (unpaired) electrons. The van der Waals surface area contributed by atoms with Crippen LogP contribution in [0.25, 0.3) is 0 Å². The number of nitrogens with zero attached hydrogens (tertiary/aromatic N) is 1. The summed E-state index contributed by atoms with van der Waals surface area (Å²) in [6, 6.07) is 6.34. The molecule has 0 N–H and O–H groups in total. The Labute approximate surface area is 112 Å². The molecule has 0 aliphatic heterocycles. The van der Waals surface area contributed by atoms with Gasteiger partial charge >= 0.3 is 0 Å². The molecular weight excluding hydrogens is 238 g/mol. The molecule has 1 aromatic rings. The van der Waals surface area contributed by atoms with Crippen LogP contribution in [-0.2, 0) is 11.0 Å². The van der Waals surface area contributed by atoms with Crippen molar-refractivity contribution in [2.75, 3.05) is 0 Å². The van der Waals surface area contributed by atoms with E-state index in [-0.39, 0.29) is 5.04 Å². The monoisotopic (exact) mass is 263 g/mol. The van der Waals surface area contributed by atoms with Crippen molar-refractivity contribution >= 4 is 8.32 Å². The van der Waals surface area contributed by atoms with Gasteiger partial charge in [0.1, 0.15) is 0 Å². The lowest BCUT2D eigenvalue weighted by Crippen LogP contribution is -2.40. The van der Waals surface area contributed by atoms with Crippen LogP contribution in [0.3, 0.4) is 0 Å². The summed E-state index contributed by atoms with van der Waals surface area (Å²) in [6.45, 7) is 12.1. The summed E-state index contributed by atoms with van der Waals surface area (Å²) in [7, 11) is -1.66. The number of hydrogen-bond acceptors (Lipinski definition) is 2. The van der Waals surface area contributed by atoms with Crippen LogP contribution >= 0.6 is 0 Å². The van der Waals surface area contributed by atoms with Gasteiger partial charge in [0.05, 0.1) is 12.3 Å². The predicted octanol–water partition coefficient (Wildman–Crippen LogP) is 4.48. The Morgan fingerprint density at radius 2 is 1.94 bits per heavy atom. The first-order valence-corrected chi connectivity index (χ1v) is 9.80. The third-order valence-corrected chi connectivity index (χ3v) is 8.69. The Balaban J connectivity index is 1.99.